The monoisotopic (exact) mass is 226 g/mol. The fourth-order valence-corrected chi connectivity index (χ4v) is 1.13. The molecule has 0 aliphatic heterocycles. The minimum atomic E-state index is -4.64. The largest absolute Gasteiger partial charge is 0.446 e. The SMILES string of the molecule is O=CC(F)(F)F.c1ccc2ccccc2c1. The molecule has 84 valence electrons. The van der Waals surface area contributed by atoms with Crippen molar-refractivity contribution in [2.75, 3.05) is 0 Å². The summed E-state index contributed by atoms with van der Waals surface area (Å²) < 4.78 is 31.2. The van der Waals surface area contributed by atoms with Crippen molar-refractivity contribution in [1.29, 1.82) is 0 Å². The normalized spacial score (nSPS) is 10.4. The summed E-state index contributed by atoms with van der Waals surface area (Å²) in [5, 5.41) is 2.62. The van der Waals surface area contributed by atoms with Crippen LogP contribution in [0.15, 0.2) is 48.5 Å². The van der Waals surface area contributed by atoms with Crippen molar-refractivity contribution >= 4 is 17.1 Å². The fraction of sp³-hybridized carbons (Fsp3) is 0.0833. The lowest BCUT2D eigenvalue weighted by Crippen LogP contribution is -2.07. The molecule has 2 aromatic rings. The number of aldehydes is 1. The maximum atomic E-state index is 10.4. The summed E-state index contributed by atoms with van der Waals surface area (Å²) in [7, 11) is 0. The average Bonchev–Trinajstić information content (AvgIpc) is 2.29. The summed E-state index contributed by atoms with van der Waals surface area (Å²) in [6.07, 6.45) is -5.70. The fourth-order valence-electron chi connectivity index (χ4n) is 1.13. The molecule has 0 radical (unpaired) electrons. The second-order valence-electron chi connectivity index (χ2n) is 3.01. The Morgan fingerprint density at radius 2 is 1.06 bits per heavy atom. The molecule has 0 heterocycles. The predicted octanol–water partition coefficient (Wildman–Crippen LogP) is 3.59. The lowest BCUT2D eigenvalue weighted by atomic mass is 10.1. The first-order chi connectivity index (χ1) is 7.53. The Hall–Kier alpha value is -1.84. The molecule has 0 spiro atoms. The van der Waals surface area contributed by atoms with Gasteiger partial charge in [0.1, 0.15) is 0 Å². The zero-order valence-electron chi connectivity index (χ0n) is 8.24. The Morgan fingerprint density at radius 3 is 1.25 bits per heavy atom. The Balaban J connectivity index is 0.000000187. The van der Waals surface area contributed by atoms with E-state index in [-0.39, 0.29) is 0 Å². The number of benzene rings is 2. The number of carbonyl (C=O) groups is 1. The van der Waals surface area contributed by atoms with Crippen molar-refractivity contribution in [3.05, 3.63) is 48.5 Å². The van der Waals surface area contributed by atoms with Crippen LogP contribution in [0.3, 0.4) is 0 Å². The summed E-state index contributed by atoms with van der Waals surface area (Å²) in [4.78, 5) is 8.70. The van der Waals surface area contributed by atoms with Crippen LogP contribution in [0.2, 0.25) is 0 Å². The Labute approximate surface area is 90.5 Å². The van der Waals surface area contributed by atoms with Gasteiger partial charge in [-0.1, -0.05) is 48.5 Å². The quantitative estimate of drug-likeness (QED) is 0.627. The third-order valence-electron chi connectivity index (χ3n) is 1.79. The van der Waals surface area contributed by atoms with Crippen molar-refractivity contribution in [3.8, 4) is 0 Å². The maximum absolute atomic E-state index is 10.4. The molecule has 0 amide bonds. The van der Waals surface area contributed by atoms with Gasteiger partial charge in [-0.15, -0.1) is 0 Å². The molecule has 0 bridgehead atoms. The highest BCUT2D eigenvalue weighted by Crippen LogP contribution is 2.11. The molecule has 0 atom stereocenters. The first kappa shape index (κ1) is 12.2. The van der Waals surface area contributed by atoms with Crippen LogP contribution >= 0.6 is 0 Å². The van der Waals surface area contributed by atoms with Crippen LogP contribution in [0.25, 0.3) is 10.8 Å². The standard InChI is InChI=1S/C10H8.C2HF3O/c1-2-6-10-8-4-3-7-9(10)5-1;3-2(4,5)1-6/h1-8H;1H. The lowest BCUT2D eigenvalue weighted by Gasteiger charge is -1.92. The van der Waals surface area contributed by atoms with E-state index in [1.54, 1.807) is 0 Å². The summed E-state index contributed by atoms with van der Waals surface area (Å²) in [6, 6.07) is 16.7. The number of fused-ring (bicyclic) bond motifs is 1. The molecule has 0 saturated heterocycles. The maximum Gasteiger partial charge on any atom is 0.446 e. The topological polar surface area (TPSA) is 17.1 Å². The van der Waals surface area contributed by atoms with Crippen molar-refractivity contribution in [1.82, 2.24) is 0 Å². The third kappa shape index (κ3) is 4.13. The van der Waals surface area contributed by atoms with Gasteiger partial charge in [0, 0.05) is 0 Å². The molecule has 0 aliphatic rings. The molecule has 0 fully saturated rings. The van der Waals surface area contributed by atoms with E-state index in [1.807, 2.05) is 0 Å². The number of hydrogen-bond acceptors (Lipinski definition) is 1. The summed E-state index contributed by atoms with van der Waals surface area (Å²) in [5.41, 5.74) is 0. The van der Waals surface area contributed by atoms with Gasteiger partial charge in [0.05, 0.1) is 0 Å². The molecule has 2 aromatic carbocycles. The van der Waals surface area contributed by atoms with E-state index in [0.717, 1.165) is 0 Å². The number of rotatable bonds is 0. The van der Waals surface area contributed by atoms with E-state index in [4.69, 9.17) is 4.79 Å². The first-order valence-corrected chi connectivity index (χ1v) is 4.50. The Morgan fingerprint density at radius 1 is 0.812 bits per heavy atom. The van der Waals surface area contributed by atoms with Crippen LogP contribution in [0.4, 0.5) is 13.2 Å². The molecule has 1 nitrogen and oxygen atoms in total. The van der Waals surface area contributed by atoms with Crippen LogP contribution in [0, 0.1) is 0 Å². The highest BCUT2D eigenvalue weighted by Gasteiger charge is 2.24. The van der Waals surface area contributed by atoms with E-state index < -0.39 is 12.5 Å². The summed E-state index contributed by atoms with van der Waals surface area (Å²) in [6.45, 7) is 0. The van der Waals surface area contributed by atoms with E-state index in [0.29, 0.717) is 0 Å². The van der Waals surface area contributed by atoms with Crippen LogP contribution < -0.4 is 0 Å². The molecule has 0 aliphatic carbocycles. The van der Waals surface area contributed by atoms with Gasteiger partial charge in [0.25, 0.3) is 0 Å². The number of halogens is 3. The van der Waals surface area contributed by atoms with Gasteiger partial charge < -0.3 is 0 Å². The van der Waals surface area contributed by atoms with Crippen molar-refractivity contribution in [2.24, 2.45) is 0 Å². The lowest BCUT2D eigenvalue weighted by molar-refractivity contribution is -0.156. The van der Waals surface area contributed by atoms with Gasteiger partial charge in [0.15, 0.2) is 0 Å². The zero-order chi connectivity index (χ0) is 12.0. The van der Waals surface area contributed by atoms with E-state index in [1.165, 1.54) is 10.8 Å². The van der Waals surface area contributed by atoms with Crippen LogP contribution in [0.1, 0.15) is 0 Å². The number of hydrogen-bond donors (Lipinski definition) is 0. The third-order valence-corrected chi connectivity index (χ3v) is 1.79. The van der Waals surface area contributed by atoms with Crippen LogP contribution in [-0.2, 0) is 4.79 Å². The van der Waals surface area contributed by atoms with Gasteiger partial charge in [0.2, 0.25) is 6.29 Å². The highest BCUT2D eigenvalue weighted by molar-refractivity contribution is 5.81. The van der Waals surface area contributed by atoms with Crippen LogP contribution in [-0.4, -0.2) is 12.5 Å². The average molecular weight is 226 g/mol. The molecule has 0 unspecified atom stereocenters. The van der Waals surface area contributed by atoms with Gasteiger partial charge >= 0.3 is 6.18 Å². The zero-order valence-corrected chi connectivity index (χ0v) is 8.24. The molecule has 0 aromatic heterocycles. The number of alkyl halides is 3. The van der Waals surface area contributed by atoms with Gasteiger partial charge in [-0.3, -0.25) is 4.79 Å². The molecular formula is C12H9F3O. The van der Waals surface area contributed by atoms with E-state index in [9.17, 15) is 13.2 Å². The van der Waals surface area contributed by atoms with Gasteiger partial charge in [-0.05, 0) is 10.8 Å². The van der Waals surface area contributed by atoms with E-state index >= 15 is 0 Å². The Bertz CT molecular complexity index is 398. The second-order valence-corrected chi connectivity index (χ2v) is 3.01. The minimum Gasteiger partial charge on any atom is -0.293 e. The van der Waals surface area contributed by atoms with Crippen LogP contribution in [0.5, 0.6) is 0 Å². The highest BCUT2D eigenvalue weighted by atomic mass is 19.4. The second kappa shape index (κ2) is 5.30. The number of carbonyl (C=O) groups excluding carboxylic acids is 1. The Kier molecular flexibility index (Phi) is 4.05. The predicted molar refractivity (Wildman–Crippen MR) is 56.1 cm³/mol. The molecule has 0 saturated carbocycles. The van der Waals surface area contributed by atoms with Crippen molar-refractivity contribution in [2.45, 2.75) is 6.18 Å². The minimum absolute atomic E-state index is 1.06. The molecule has 0 N–H and O–H groups in total. The van der Waals surface area contributed by atoms with Gasteiger partial charge in [-0.2, -0.15) is 13.2 Å². The molecule has 16 heavy (non-hydrogen) atoms. The van der Waals surface area contributed by atoms with E-state index in [2.05, 4.69) is 48.5 Å². The summed E-state index contributed by atoms with van der Waals surface area (Å²) in [5.74, 6) is 0. The molecule has 2 rings (SSSR count). The molecule has 4 heteroatoms. The van der Waals surface area contributed by atoms with Crippen molar-refractivity contribution in [3.63, 3.8) is 0 Å². The van der Waals surface area contributed by atoms with Crippen molar-refractivity contribution < 1.29 is 18.0 Å². The van der Waals surface area contributed by atoms with Gasteiger partial charge in [-0.25, -0.2) is 0 Å². The molecular weight excluding hydrogens is 217 g/mol. The summed E-state index contributed by atoms with van der Waals surface area (Å²) >= 11 is 0. The first-order valence-electron chi connectivity index (χ1n) is 4.50. The smallest absolute Gasteiger partial charge is 0.293 e.